The summed E-state index contributed by atoms with van der Waals surface area (Å²) in [4.78, 5) is 4.49. The lowest BCUT2D eigenvalue weighted by Crippen LogP contribution is -2.39. The monoisotopic (exact) mass is 322 g/mol. The fraction of sp³-hybridized carbons (Fsp3) is 0.333. The zero-order valence-corrected chi connectivity index (χ0v) is 13.8. The lowest BCUT2D eigenvalue weighted by Gasteiger charge is -2.18. The summed E-state index contributed by atoms with van der Waals surface area (Å²) < 4.78 is 4.29. The van der Waals surface area contributed by atoms with Crippen LogP contribution in [0.3, 0.4) is 0 Å². The number of nitrogens with zero attached hydrogens (tertiary/aromatic N) is 4. The molecule has 1 aromatic carbocycles. The van der Waals surface area contributed by atoms with E-state index in [4.69, 9.17) is 0 Å². The third-order valence-corrected chi connectivity index (χ3v) is 4.49. The molecule has 1 unspecified atom stereocenters. The van der Waals surface area contributed by atoms with Gasteiger partial charge in [-0.2, -0.15) is 5.10 Å². The molecule has 0 saturated heterocycles. The van der Waals surface area contributed by atoms with Crippen molar-refractivity contribution in [2.75, 3.05) is 6.54 Å². The normalized spacial score (nSPS) is 17.5. The molecule has 3 heterocycles. The molecule has 124 valence electrons. The predicted octanol–water partition coefficient (Wildman–Crippen LogP) is 1.64. The lowest BCUT2D eigenvalue weighted by molar-refractivity contribution is 0.423. The molecule has 2 aromatic heterocycles. The van der Waals surface area contributed by atoms with Crippen molar-refractivity contribution < 1.29 is 0 Å². The Kier molecular flexibility index (Phi) is 4.15. The van der Waals surface area contributed by atoms with Crippen molar-refractivity contribution >= 4 is 0 Å². The highest BCUT2D eigenvalue weighted by molar-refractivity contribution is 5.35. The van der Waals surface area contributed by atoms with Crippen molar-refractivity contribution in [2.45, 2.75) is 32.6 Å². The molecule has 4 rings (SSSR count). The minimum absolute atomic E-state index is 0.338. The molecule has 0 saturated carbocycles. The summed E-state index contributed by atoms with van der Waals surface area (Å²) >= 11 is 0. The van der Waals surface area contributed by atoms with Gasteiger partial charge in [0.15, 0.2) is 0 Å². The number of hydrogen-bond donors (Lipinski definition) is 2. The van der Waals surface area contributed by atoms with Gasteiger partial charge in [-0.25, -0.2) is 4.98 Å². The fourth-order valence-corrected chi connectivity index (χ4v) is 3.25. The number of fused-ring (bicyclic) bond motifs is 1. The first-order valence-corrected chi connectivity index (χ1v) is 8.34. The summed E-state index contributed by atoms with van der Waals surface area (Å²) in [5, 5.41) is 11.5. The zero-order valence-electron chi connectivity index (χ0n) is 13.8. The first kappa shape index (κ1) is 15.1. The van der Waals surface area contributed by atoms with Crippen LogP contribution in [0.1, 0.15) is 17.2 Å². The maximum absolute atomic E-state index is 4.49. The molecular weight excluding hydrogens is 300 g/mol. The average Bonchev–Trinajstić information content (AvgIpc) is 3.15. The van der Waals surface area contributed by atoms with E-state index in [0.29, 0.717) is 6.04 Å². The Morgan fingerprint density at radius 3 is 3.00 bits per heavy atom. The van der Waals surface area contributed by atoms with Crippen LogP contribution in [0.5, 0.6) is 0 Å². The number of hydrogen-bond acceptors (Lipinski definition) is 4. The van der Waals surface area contributed by atoms with Crippen LogP contribution in [-0.2, 0) is 19.6 Å². The number of para-hydroxylation sites is 1. The van der Waals surface area contributed by atoms with Gasteiger partial charge in [-0.1, -0.05) is 18.2 Å². The topological polar surface area (TPSA) is 59.7 Å². The van der Waals surface area contributed by atoms with Crippen molar-refractivity contribution in [3.8, 4) is 5.69 Å². The van der Waals surface area contributed by atoms with Crippen LogP contribution in [0.15, 0.2) is 48.8 Å². The minimum atomic E-state index is 0.338. The molecule has 0 fully saturated rings. The summed E-state index contributed by atoms with van der Waals surface area (Å²) in [5.74, 6) is 1.01. The van der Waals surface area contributed by atoms with E-state index in [2.05, 4.69) is 60.3 Å². The van der Waals surface area contributed by atoms with Gasteiger partial charge in [-0.05, 0) is 25.1 Å². The first-order chi connectivity index (χ1) is 11.8. The SMILES string of the molecule is Cc1ncc(CNC2CNCc3ccnn3C2)n1-c1ccccc1. The maximum Gasteiger partial charge on any atom is 0.110 e. The molecule has 1 atom stereocenters. The average molecular weight is 322 g/mol. The van der Waals surface area contributed by atoms with Gasteiger partial charge >= 0.3 is 0 Å². The summed E-state index contributed by atoms with van der Waals surface area (Å²) in [6.07, 6.45) is 3.83. The van der Waals surface area contributed by atoms with Crippen molar-refractivity contribution in [1.82, 2.24) is 30.0 Å². The lowest BCUT2D eigenvalue weighted by atomic mass is 10.2. The summed E-state index contributed by atoms with van der Waals surface area (Å²) in [7, 11) is 0. The highest BCUT2D eigenvalue weighted by atomic mass is 15.3. The summed E-state index contributed by atoms with van der Waals surface area (Å²) in [5.41, 5.74) is 3.56. The van der Waals surface area contributed by atoms with E-state index in [1.165, 1.54) is 11.4 Å². The van der Waals surface area contributed by atoms with Crippen LogP contribution >= 0.6 is 0 Å². The number of imidazole rings is 1. The van der Waals surface area contributed by atoms with E-state index in [0.717, 1.165) is 37.7 Å². The second-order valence-electron chi connectivity index (χ2n) is 6.18. The number of benzene rings is 1. The van der Waals surface area contributed by atoms with Gasteiger partial charge in [-0.3, -0.25) is 9.25 Å². The van der Waals surface area contributed by atoms with Crippen molar-refractivity contribution in [3.63, 3.8) is 0 Å². The molecule has 0 radical (unpaired) electrons. The van der Waals surface area contributed by atoms with Gasteiger partial charge < -0.3 is 10.6 Å². The second-order valence-corrected chi connectivity index (χ2v) is 6.18. The van der Waals surface area contributed by atoms with E-state index >= 15 is 0 Å². The van der Waals surface area contributed by atoms with Gasteiger partial charge in [0, 0.05) is 37.6 Å². The Balaban J connectivity index is 1.49. The Hall–Kier alpha value is -2.44. The quantitative estimate of drug-likeness (QED) is 0.767. The number of aromatic nitrogens is 4. The Morgan fingerprint density at radius 1 is 1.25 bits per heavy atom. The summed E-state index contributed by atoms with van der Waals surface area (Å²) in [6, 6.07) is 12.8. The van der Waals surface area contributed by atoms with Gasteiger partial charge in [-0.15, -0.1) is 0 Å². The molecule has 1 aliphatic rings. The summed E-state index contributed by atoms with van der Waals surface area (Å²) in [6.45, 7) is 5.51. The fourth-order valence-electron chi connectivity index (χ4n) is 3.25. The maximum atomic E-state index is 4.49. The third-order valence-electron chi connectivity index (χ3n) is 4.49. The molecule has 6 nitrogen and oxygen atoms in total. The van der Waals surface area contributed by atoms with Crippen LogP contribution in [0.25, 0.3) is 5.69 Å². The smallest absolute Gasteiger partial charge is 0.110 e. The molecule has 0 aliphatic carbocycles. The van der Waals surface area contributed by atoms with Crippen LogP contribution in [0.2, 0.25) is 0 Å². The van der Waals surface area contributed by atoms with Gasteiger partial charge in [0.2, 0.25) is 0 Å². The molecule has 2 N–H and O–H groups in total. The van der Waals surface area contributed by atoms with E-state index in [-0.39, 0.29) is 0 Å². The molecule has 24 heavy (non-hydrogen) atoms. The first-order valence-electron chi connectivity index (χ1n) is 8.34. The van der Waals surface area contributed by atoms with Crippen LogP contribution in [-0.4, -0.2) is 31.9 Å². The highest BCUT2D eigenvalue weighted by Crippen LogP contribution is 2.14. The zero-order chi connectivity index (χ0) is 16.4. The standard InChI is InChI=1S/C18H22N6/c1-14-20-11-18(24(14)16-5-3-2-4-6-16)12-21-15-9-19-10-17-7-8-22-23(17)13-15/h2-8,11,15,19,21H,9-10,12-13H2,1H3. The molecule has 6 heteroatoms. The Morgan fingerprint density at radius 2 is 2.12 bits per heavy atom. The Labute approximate surface area is 141 Å². The third kappa shape index (κ3) is 2.98. The van der Waals surface area contributed by atoms with Crippen LogP contribution < -0.4 is 10.6 Å². The van der Waals surface area contributed by atoms with Crippen molar-refractivity contribution in [1.29, 1.82) is 0 Å². The Bertz CT molecular complexity index is 804. The number of aryl methyl sites for hydroxylation is 1. The predicted molar refractivity (Wildman–Crippen MR) is 92.9 cm³/mol. The van der Waals surface area contributed by atoms with Gasteiger partial charge in [0.1, 0.15) is 5.82 Å². The minimum Gasteiger partial charge on any atom is -0.310 e. The largest absolute Gasteiger partial charge is 0.310 e. The molecule has 0 spiro atoms. The van der Waals surface area contributed by atoms with E-state index in [9.17, 15) is 0 Å². The molecule has 0 bridgehead atoms. The number of nitrogens with one attached hydrogen (secondary N) is 2. The molecule has 1 aliphatic heterocycles. The second kappa shape index (κ2) is 6.59. The molecule has 0 amide bonds. The molecule has 3 aromatic rings. The van der Waals surface area contributed by atoms with E-state index in [1.807, 2.05) is 25.4 Å². The number of rotatable bonds is 4. The van der Waals surface area contributed by atoms with E-state index < -0.39 is 0 Å². The molecular formula is C18H22N6. The van der Waals surface area contributed by atoms with Crippen molar-refractivity contribution in [3.05, 3.63) is 66.0 Å². The van der Waals surface area contributed by atoms with E-state index in [1.54, 1.807) is 0 Å². The van der Waals surface area contributed by atoms with Gasteiger partial charge in [0.25, 0.3) is 0 Å². The highest BCUT2D eigenvalue weighted by Gasteiger charge is 2.17. The van der Waals surface area contributed by atoms with Crippen molar-refractivity contribution in [2.24, 2.45) is 0 Å². The van der Waals surface area contributed by atoms with Gasteiger partial charge in [0.05, 0.1) is 24.1 Å². The van der Waals surface area contributed by atoms with Crippen LogP contribution in [0.4, 0.5) is 0 Å². The van der Waals surface area contributed by atoms with Crippen LogP contribution in [0, 0.1) is 6.92 Å².